The number of aliphatic carboxylic acids is 1. The molecule has 0 radical (unpaired) electrons. The predicted molar refractivity (Wildman–Crippen MR) is 85.5 cm³/mol. The second-order valence-corrected chi connectivity index (χ2v) is 7.83. The molecule has 2 aliphatic carbocycles. The molecule has 1 N–H and O–H groups in total. The average Bonchev–Trinajstić information content (AvgIpc) is 3.17. The number of carbonyl (C=O) groups is 1. The molecular formula is C17H25NO2S. The quantitative estimate of drug-likeness (QED) is 0.864. The summed E-state index contributed by atoms with van der Waals surface area (Å²) >= 11 is 1.72. The maximum Gasteiger partial charge on any atom is 0.310 e. The van der Waals surface area contributed by atoms with E-state index in [2.05, 4.69) is 28.7 Å². The van der Waals surface area contributed by atoms with Gasteiger partial charge in [0.25, 0.3) is 0 Å². The molecule has 1 heterocycles. The fourth-order valence-corrected chi connectivity index (χ4v) is 4.49. The molecule has 0 aliphatic heterocycles. The van der Waals surface area contributed by atoms with Gasteiger partial charge in [0.1, 0.15) is 0 Å². The van der Waals surface area contributed by atoms with Crippen molar-refractivity contribution in [2.45, 2.75) is 58.0 Å². The molecule has 4 heteroatoms. The summed E-state index contributed by atoms with van der Waals surface area (Å²) in [5, 5.41) is 14.2. The molecule has 116 valence electrons. The summed E-state index contributed by atoms with van der Waals surface area (Å²) in [6, 6.07) is 2.77. The van der Waals surface area contributed by atoms with Gasteiger partial charge in [-0.15, -0.1) is 0 Å². The Hall–Kier alpha value is -0.870. The molecule has 21 heavy (non-hydrogen) atoms. The lowest BCUT2D eigenvalue weighted by Gasteiger charge is -2.40. The van der Waals surface area contributed by atoms with Gasteiger partial charge in [0.2, 0.25) is 0 Å². The summed E-state index contributed by atoms with van der Waals surface area (Å²) in [6.45, 7) is 3.85. The summed E-state index contributed by atoms with van der Waals surface area (Å²) in [5.41, 5.74) is 0.812. The van der Waals surface area contributed by atoms with Crippen molar-refractivity contribution in [3.05, 3.63) is 22.4 Å². The molecule has 1 aromatic rings. The van der Waals surface area contributed by atoms with Gasteiger partial charge in [-0.25, -0.2) is 0 Å². The Morgan fingerprint density at radius 2 is 2.29 bits per heavy atom. The van der Waals surface area contributed by atoms with E-state index in [1.807, 2.05) is 0 Å². The van der Waals surface area contributed by atoms with Crippen LogP contribution in [0.3, 0.4) is 0 Å². The lowest BCUT2D eigenvalue weighted by Crippen LogP contribution is -2.46. The van der Waals surface area contributed by atoms with Crippen molar-refractivity contribution in [3.8, 4) is 0 Å². The highest BCUT2D eigenvalue weighted by atomic mass is 32.1. The van der Waals surface area contributed by atoms with Crippen molar-refractivity contribution in [3.63, 3.8) is 0 Å². The molecule has 2 atom stereocenters. The molecule has 0 bridgehead atoms. The molecule has 2 fully saturated rings. The third-order valence-corrected chi connectivity index (χ3v) is 5.81. The third kappa shape index (κ3) is 3.49. The van der Waals surface area contributed by atoms with Gasteiger partial charge in [-0.1, -0.05) is 19.8 Å². The third-order valence-electron chi connectivity index (χ3n) is 5.08. The van der Waals surface area contributed by atoms with Crippen molar-refractivity contribution in [2.75, 3.05) is 6.54 Å². The van der Waals surface area contributed by atoms with E-state index in [1.165, 1.54) is 24.8 Å². The van der Waals surface area contributed by atoms with Crippen LogP contribution in [0.2, 0.25) is 0 Å². The highest BCUT2D eigenvalue weighted by molar-refractivity contribution is 7.07. The van der Waals surface area contributed by atoms with Crippen molar-refractivity contribution in [1.82, 2.24) is 4.90 Å². The molecule has 2 saturated carbocycles. The van der Waals surface area contributed by atoms with E-state index in [9.17, 15) is 9.90 Å². The minimum atomic E-state index is -0.579. The van der Waals surface area contributed by atoms with Crippen LogP contribution >= 0.6 is 11.3 Å². The summed E-state index contributed by atoms with van der Waals surface area (Å²) in [6.07, 6.45) is 6.40. The number of carboxylic acids is 1. The zero-order chi connectivity index (χ0) is 14.9. The summed E-state index contributed by atoms with van der Waals surface area (Å²) in [7, 11) is 0. The molecule has 1 aromatic heterocycles. The smallest absolute Gasteiger partial charge is 0.310 e. The van der Waals surface area contributed by atoms with E-state index in [1.54, 1.807) is 11.3 Å². The molecule has 0 spiro atoms. The zero-order valence-electron chi connectivity index (χ0n) is 12.8. The van der Waals surface area contributed by atoms with Crippen molar-refractivity contribution in [2.24, 2.45) is 11.3 Å². The van der Waals surface area contributed by atoms with E-state index in [0.717, 1.165) is 32.4 Å². The van der Waals surface area contributed by atoms with Gasteiger partial charge >= 0.3 is 5.97 Å². The van der Waals surface area contributed by atoms with Crippen LogP contribution in [0, 0.1) is 11.3 Å². The average molecular weight is 307 g/mol. The summed E-state index contributed by atoms with van der Waals surface area (Å²) < 4.78 is 0. The fourth-order valence-electron chi connectivity index (χ4n) is 3.83. The van der Waals surface area contributed by atoms with Gasteiger partial charge in [-0.2, -0.15) is 11.3 Å². The Labute approximate surface area is 131 Å². The monoisotopic (exact) mass is 307 g/mol. The van der Waals surface area contributed by atoms with Crippen molar-refractivity contribution >= 4 is 17.3 Å². The number of thiophene rings is 1. The van der Waals surface area contributed by atoms with Crippen LogP contribution in [0.5, 0.6) is 0 Å². The maximum atomic E-state index is 12.0. The van der Waals surface area contributed by atoms with Gasteiger partial charge in [-0.05, 0) is 54.0 Å². The minimum absolute atomic E-state index is 0.518. The number of rotatable bonds is 6. The zero-order valence-corrected chi connectivity index (χ0v) is 13.6. The Morgan fingerprint density at radius 3 is 2.86 bits per heavy atom. The fraction of sp³-hybridized carbons (Fsp3) is 0.706. The van der Waals surface area contributed by atoms with E-state index in [4.69, 9.17) is 0 Å². The standard InChI is InChI=1S/C17H25NO2S/c1-13-3-2-7-17(9-13,16(19)20)12-18(15-4-5-15)10-14-6-8-21-11-14/h6,8,11,13,15H,2-5,7,9-10,12H2,1H3,(H,19,20). The summed E-state index contributed by atoms with van der Waals surface area (Å²) in [4.78, 5) is 14.4. The molecule has 3 rings (SSSR count). The SMILES string of the molecule is CC1CCCC(CN(Cc2ccsc2)C2CC2)(C(=O)O)C1. The van der Waals surface area contributed by atoms with Crippen LogP contribution in [-0.2, 0) is 11.3 Å². The van der Waals surface area contributed by atoms with Crippen LogP contribution < -0.4 is 0 Å². The minimum Gasteiger partial charge on any atom is -0.481 e. The number of hydrogen-bond acceptors (Lipinski definition) is 3. The van der Waals surface area contributed by atoms with E-state index < -0.39 is 11.4 Å². The number of hydrogen-bond donors (Lipinski definition) is 1. The normalized spacial score (nSPS) is 29.7. The maximum absolute atomic E-state index is 12.0. The Bertz CT molecular complexity index is 483. The molecular weight excluding hydrogens is 282 g/mol. The Kier molecular flexibility index (Phi) is 4.36. The van der Waals surface area contributed by atoms with Crippen molar-refractivity contribution in [1.29, 1.82) is 0 Å². The first-order valence-corrected chi connectivity index (χ1v) is 9.02. The largest absolute Gasteiger partial charge is 0.481 e. The second kappa shape index (κ2) is 6.09. The molecule has 2 unspecified atom stereocenters. The van der Waals surface area contributed by atoms with Crippen molar-refractivity contribution < 1.29 is 9.90 Å². The van der Waals surface area contributed by atoms with Gasteiger partial charge in [0, 0.05) is 19.1 Å². The molecule has 3 nitrogen and oxygen atoms in total. The number of carboxylic acid groups (broad SMARTS) is 1. The first-order valence-electron chi connectivity index (χ1n) is 8.08. The van der Waals surface area contributed by atoms with Gasteiger partial charge in [0.15, 0.2) is 0 Å². The Balaban J connectivity index is 1.74. The second-order valence-electron chi connectivity index (χ2n) is 7.05. The first kappa shape index (κ1) is 15.0. The topological polar surface area (TPSA) is 40.5 Å². The van der Waals surface area contributed by atoms with Crippen LogP contribution in [-0.4, -0.2) is 28.6 Å². The van der Waals surface area contributed by atoms with E-state index in [-0.39, 0.29) is 0 Å². The van der Waals surface area contributed by atoms with Crippen LogP contribution in [0.4, 0.5) is 0 Å². The van der Waals surface area contributed by atoms with E-state index >= 15 is 0 Å². The van der Waals surface area contributed by atoms with Crippen LogP contribution in [0.1, 0.15) is 51.0 Å². The van der Waals surface area contributed by atoms with Gasteiger partial charge in [0.05, 0.1) is 5.41 Å². The Morgan fingerprint density at radius 1 is 1.48 bits per heavy atom. The first-order chi connectivity index (χ1) is 10.1. The molecule has 2 aliphatic rings. The highest BCUT2D eigenvalue weighted by Gasteiger charge is 2.45. The van der Waals surface area contributed by atoms with Gasteiger partial charge in [-0.3, -0.25) is 9.69 Å². The molecule has 0 saturated heterocycles. The van der Waals surface area contributed by atoms with Crippen LogP contribution in [0.25, 0.3) is 0 Å². The lowest BCUT2D eigenvalue weighted by molar-refractivity contribution is -0.154. The lowest BCUT2D eigenvalue weighted by atomic mass is 9.69. The molecule has 0 amide bonds. The van der Waals surface area contributed by atoms with E-state index in [0.29, 0.717) is 12.0 Å². The van der Waals surface area contributed by atoms with Gasteiger partial charge < -0.3 is 5.11 Å². The molecule has 0 aromatic carbocycles. The number of nitrogens with zero attached hydrogens (tertiary/aromatic N) is 1. The predicted octanol–water partition coefficient (Wildman–Crippen LogP) is 3.99. The highest BCUT2D eigenvalue weighted by Crippen LogP contribution is 2.42. The summed E-state index contributed by atoms with van der Waals surface area (Å²) in [5.74, 6) is -0.0398. The van der Waals surface area contributed by atoms with Crippen LogP contribution in [0.15, 0.2) is 16.8 Å².